The standard InChI is InChI=1S/C15H24O3/c1-10-6-13(17)7-11(2)15(10)5-4-12(8-15)14(3,18)9-16/h6,11-12,16,18H,4-5,7-9H2,1-3H3/t11-,12-,14?,15-/m0/s1. The fourth-order valence-electron chi connectivity index (χ4n) is 3.87. The zero-order valence-electron chi connectivity index (χ0n) is 11.6. The normalized spacial score (nSPS) is 39.8. The molecule has 0 aromatic rings. The Balaban J connectivity index is 2.25. The lowest BCUT2D eigenvalue weighted by Crippen LogP contribution is -2.39. The number of hydrogen-bond acceptors (Lipinski definition) is 3. The van der Waals surface area contributed by atoms with Gasteiger partial charge in [0.1, 0.15) is 0 Å². The lowest BCUT2D eigenvalue weighted by atomic mass is 9.64. The first kappa shape index (κ1) is 13.8. The number of hydrogen-bond donors (Lipinski definition) is 2. The zero-order valence-corrected chi connectivity index (χ0v) is 11.6. The van der Waals surface area contributed by atoms with Crippen LogP contribution in [0.25, 0.3) is 0 Å². The molecule has 0 radical (unpaired) electrons. The summed E-state index contributed by atoms with van der Waals surface area (Å²) in [6.07, 6.45) is 5.24. The summed E-state index contributed by atoms with van der Waals surface area (Å²) < 4.78 is 0. The quantitative estimate of drug-likeness (QED) is 0.791. The molecule has 0 amide bonds. The summed E-state index contributed by atoms with van der Waals surface area (Å²) in [5.74, 6) is 0.694. The van der Waals surface area contributed by atoms with Gasteiger partial charge >= 0.3 is 0 Å². The first-order valence-electron chi connectivity index (χ1n) is 6.86. The first-order chi connectivity index (χ1) is 8.32. The van der Waals surface area contributed by atoms with E-state index in [1.54, 1.807) is 13.0 Å². The molecule has 3 nitrogen and oxygen atoms in total. The Morgan fingerprint density at radius 2 is 2.22 bits per heavy atom. The number of ketones is 1. The zero-order chi connectivity index (χ0) is 13.6. The molecule has 0 heterocycles. The molecule has 0 bridgehead atoms. The fourth-order valence-corrected chi connectivity index (χ4v) is 3.87. The molecule has 102 valence electrons. The molecule has 1 saturated carbocycles. The minimum atomic E-state index is -0.995. The van der Waals surface area contributed by atoms with Crippen LogP contribution in [0.15, 0.2) is 11.6 Å². The molecule has 2 rings (SSSR count). The van der Waals surface area contributed by atoms with Crippen LogP contribution in [0.2, 0.25) is 0 Å². The molecule has 1 spiro atoms. The van der Waals surface area contributed by atoms with Crippen LogP contribution in [0.1, 0.15) is 46.5 Å². The first-order valence-corrected chi connectivity index (χ1v) is 6.86. The Morgan fingerprint density at radius 1 is 1.56 bits per heavy atom. The molecule has 0 aromatic heterocycles. The average Bonchev–Trinajstić information content (AvgIpc) is 2.73. The second kappa shape index (κ2) is 4.46. The highest BCUT2D eigenvalue weighted by Gasteiger charge is 2.50. The van der Waals surface area contributed by atoms with E-state index >= 15 is 0 Å². The van der Waals surface area contributed by atoms with E-state index in [0.29, 0.717) is 12.3 Å². The van der Waals surface area contributed by atoms with Gasteiger partial charge in [-0.2, -0.15) is 0 Å². The van der Waals surface area contributed by atoms with Crippen molar-refractivity contribution < 1.29 is 15.0 Å². The number of rotatable bonds is 2. The SMILES string of the molecule is CC1=CC(=O)C[C@H](C)[C@]12CC[C@H](C(C)(O)CO)C2. The number of allylic oxidation sites excluding steroid dienone is 2. The van der Waals surface area contributed by atoms with E-state index in [4.69, 9.17) is 0 Å². The van der Waals surface area contributed by atoms with E-state index in [0.717, 1.165) is 19.3 Å². The molecule has 2 N–H and O–H groups in total. The second-order valence-electron chi connectivity index (χ2n) is 6.51. The third kappa shape index (κ3) is 2.04. The minimum Gasteiger partial charge on any atom is -0.393 e. The fraction of sp³-hybridized carbons (Fsp3) is 0.800. The third-order valence-corrected chi connectivity index (χ3v) is 5.36. The van der Waals surface area contributed by atoms with Crippen molar-refractivity contribution in [3.8, 4) is 0 Å². The van der Waals surface area contributed by atoms with E-state index in [-0.39, 0.29) is 23.7 Å². The highest BCUT2D eigenvalue weighted by molar-refractivity contribution is 5.91. The lowest BCUT2D eigenvalue weighted by Gasteiger charge is -2.40. The Hall–Kier alpha value is -0.670. The van der Waals surface area contributed by atoms with E-state index in [1.807, 2.05) is 6.92 Å². The summed E-state index contributed by atoms with van der Waals surface area (Å²) in [7, 11) is 0. The van der Waals surface area contributed by atoms with Gasteiger partial charge in [-0.25, -0.2) is 0 Å². The van der Waals surface area contributed by atoms with Crippen LogP contribution in [0.4, 0.5) is 0 Å². The van der Waals surface area contributed by atoms with Crippen LogP contribution in [-0.2, 0) is 4.79 Å². The molecule has 1 fully saturated rings. The van der Waals surface area contributed by atoms with Crippen molar-refractivity contribution in [2.24, 2.45) is 17.3 Å². The molecule has 0 saturated heterocycles. The van der Waals surface area contributed by atoms with Crippen molar-refractivity contribution in [3.05, 3.63) is 11.6 Å². The van der Waals surface area contributed by atoms with Crippen LogP contribution in [0.3, 0.4) is 0 Å². The van der Waals surface area contributed by atoms with Gasteiger partial charge in [-0.05, 0) is 56.4 Å². The van der Waals surface area contributed by atoms with E-state index < -0.39 is 5.60 Å². The maximum Gasteiger partial charge on any atom is 0.155 e. The van der Waals surface area contributed by atoms with Gasteiger partial charge in [-0.15, -0.1) is 0 Å². The Kier molecular flexibility index (Phi) is 3.41. The molecular weight excluding hydrogens is 228 g/mol. The largest absolute Gasteiger partial charge is 0.393 e. The molecule has 0 aromatic carbocycles. The predicted octanol–water partition coefficient (Wildman–Crippen LogP) is 2.07. The van der Waals surface area contributed by atoms with Gasteiger partial charge in [0.15, 0.2) is 5.78 Å². The molecule has 2 aliphatic carbocycles. The maximum absolute atomic E-state index is 11.6. The van der Waals surface area contributed by atoms with E-state index in [1.165, 1.54) is 5.57 Å². The van der Waals surface area contributed by atoms with E-state index in [9.17, 15) is 15.0 Å². The van der Waals surface area contributed by atoms with E-state index in [2.05, 4.69) is 6.92 Å². The summed E-state index contributed by atoms with van der Waals surface area (Å²) in [5.41, 5.74) is 0.241. The third-order valence-electron chi connectivity index (χ3n) is 5.36. The molecule has 0 aliphatic heterocycles. The average molecular weight is 252 g/mol. The molecule has 3 heteroatoms. The molecule has 4 atom stereocenters. The highest BCUT2D eigenvalue weighted by atomic mass is 16.3. The number of aliphatic hydroxyl groups is 2. The minimum absolute atomic E-state index is 0.0672. The molecule has 2 aliphatic rings. The Morgan fingerprint density at radius 3 is 2.78 bits per heavy atom. The maximum atomic E-state index is 11.6. The van der Waals surface area contributed by atoms with Crippen LogP contribution >= 0.6 is 0 Å². The Labute approximate surface area is 109 Å². The Bertz CT molecular complexity index is 383. The number of aliphatic hydroxyl groups excluding tert-OH is 1. The summed E-state index contributed by atoms with van der Waals surface area (Å²) in [6, 6.07) is 0. The van der Waals surface area contributed by atoms with Gasteiger partial charge in [0, 0.05) is 6.42 Å². The molecule has 18 heavy (non-hydrogen) atoms. The van der Waals surface area contributed by atoms with Gasteiger partial charge in [-0.3, -0.25) is 4.79 Å². The van der Waals surface area contributed by atoms with Crippen molar-refractivity contribution in [1.82, 2.24) is 0 Å². The van der Waals surface area contributed by atoms with Crippen molar-refractivity contribution >= 4 is 5.78 Å². The van der Waals surface area contributed by atoms with Crippen molar-refractivity contribution in [1.29, 1.82) is 0 Å². The monoisotopic (exact) mass is 252 g/mol. The predicted molar refractivity (Wildman–Crippen MR) is 70.0 cm³/mol. The van der Waals surface area contributed by atoms with Crippen molar-refractivity contribution in [3.63, 3.8) is 0 Å². The summed E-state index contributed by atoms with van der Waals surface area (Å²) in [5, 5.41) is 19.5. The molecule has 1 unspecified atom stereocenters. The van der Waals surface area contributed by atoms with Gasteiger partial charge in [0.25, 0.3) is 0 Å². The smallest absolute Gasteiger partial charge is 0.155 e. The number of carbonyl (C=O) groups is 1. The summed E-state index contributed by atoms with van der Waals surface area (Å²) in [4.78, 5) is 11.6. The number of carbonyl (C=O) groups excluding carboxylic acids is 1. The highest BCUT2D eigenvalue weighted by Crippen LogP contribution is 2.56. The van der Waals surface area contributed by atoms with Gasteiger partial charge in [-0.1, -0.05) is 12.5 Å². The molecular formula is C15H24O3. The topological polar surface area (TPSA) is 57.5 Å². The van der Waals surface area contributed by atoms with Crippen LogP contribution in [0, 0.1) is 17.3 Å². The van der Waals surface area contributed by atoms with Gasteiger partial charge in [0.05, 0.1) is 12.2 Å². The second-order valence-corrected chi connectivity index (χ2v) is 6.51. The van der Waals surface area contributed by atoms with Crippen molar-refractivity contribution in [2.75, 3.05) is 6.61 Å². The lowest BCUT2D eigenvalue weighted by molar-refractivity contribution is -0.117. The van der Waals surface area contributed by atoms with Gasteiger partial charge in [0.2, 0.25) is 0 Å². The summed E-state index contributed by atoms with van der Waals surface area (Å²) >= 11 is 0. The van der Waals surface area contributed by atoms with Crippen molar-refractivity contribution in [2.45, 2.75) is 52.1 Å². The van der Waals surface area contributed by atoms with Crippen LogP contribution in [0.5, 0.6) is 0 Å². The van der Waals surface area contributed by atoms with Crippen LogP contribution < -0.4 is 0 Å². The van der Waals surface area contributed by atoms with Crippen LogP contribution in [-0.4, -0.2) is 28.2 Å². The van der Waals surface area contributed by atoms with Gasteiger partial charge < -0.3 is 10.2 Å². The summed E-state index contributed by atoms with van der Waals surface area (Å²) in [6.45, 7) is 5.71.